The van der Waals surface area contributed by atoms with Crippen LogP contribution in [0.25, 0.3) is 12.2 Å². The van der Waals surface area contributed by atoms with E-state index in [1.54, 1.807) is 42.5 Å². The number of methoxy groups -OCH3 is 2. The summed E-state index contributed by atoms with van der Waals surface area (Å²) < 4.78 is 10.3. The third-order valence-electron chi connectivity index (χ3n) is 4.94. The zero-order chi connectivity index (χ0) is 24.3. The largest absolute Gasteiger partial charge is 0.504 e. The number of hydrogen-bond donors (Lipinski definition) is 3. The van der Waals surface area contributed by atoms with Crippen molar-refractivity contribution >= 4 is 17.9 Å². The van der Waals surface area contributed by atoms with Gasteiger partial charge in [-0.25, -0.2) is 0 Å². The lowest BCUT2D eigenvalue weighted by molar-refractivity contribution is -0.110. The van der Waals surface area contributed by atoms with Crippen LogP contribution in [0, 0.1) is 0 Å². The number of carbonyl (C=O) groups is 1. The molecule has 6 heteroatoms. The predicted molar refractivity (Wildman–Crippen MR) is 134 cm³/mol. The first-order chi connectivity index (χ1) is 16.5. The van der Waals surface area contributed by atoms with E-state index in [1.165, 1.54) is 32.4 Å². The van der Waals surface area contributed by atoms with Gasteiger partial charge >= 0.3 is 0 Å². The third-order valence-corrected chi connectivity index (χ3v) is 4.94. The summed E-state index contributed by atoms with van der Waals surface area (Å²) in [6.07, 6.45) is 8.24. The van der Waals surface area contributed by atoms with Crippen LogP contribution in [0.5, 0.6) is 23.0 Å². The van der Waals surface area contributed by atoms with Crippen LogP contribution in [0.15, 0.2) is 90.7 Å². The number of rotatable bonds is 10. The molecule has 3 aromatic carbocycles. The molecule has 0 aliphatic rings. The summed E-state index contributed by atoms with van der Waals surface area (Å²) in [5.41, 5.74) is 3.23. The van der Waals surface area contributed by atoms with Crippen molar-refractivity contribution in [3.63, 3.8) is 0 Å². The normalized spacial score (nSPS) is 11.6. The Labute approximate surface area is 199 Å². The van der Waals surface area contributed by atoms with E-state index in [9.17, 15) is 15.0 Å². The van der Waals surface area contributed by atoms with E-state index >= 15 is 0 Å². The first-order valence-corrected chi connectivity index (χ1v) is 10.6. The highest BCUT2D eigenvalue weighted by molar-refractivity contribution is 6.02. The number of ether oxygens (including phenoxy) is 2. The molecule has 0 saturated carbocycles. The van der Waals surface area contributed by atoms with Crippen molar-refractivity contribution in [2.75, 3.05) is 14.2 Å². The summed E-state index contributed by atoms with van der Waals surface area (Å²) in [5.74, 6) is 0.587. The Morgan fingerprint density at radius 3 is 1.94 bits per heavy atom. The van der Waals surface area contributed by atoms with Crippen molar-refractivity contribution in [1.82, 2.24) is 5.32 Å². The maximum absolute atomic E-state index is 12.6. The van der Waals surface area contributed by atoms with Gasteiger partial charge in [0.1, 0.15) is 0 Å². The average molecular weight is 458 g/mol. The number of aromatic hydroxyl groups is 2. The number of ketones is 1. The van der Waals surface area contributed by atoms with Gasteiger partial charge in [0, 0.05) is 18.3 Å². The van der Waals surface area contributed by atoms with Crippen LogP contribution in [-0.2, 0) is 11.3 Å². The molecule has 0 aromatic heterocycles. The zero-order valence-corrected chi connectivity index (χ0v) is 19.1. The molecule has 0 atom stereocenters. The fraction of sp³-hybridized carbons (Fsp3) is 0.107. The molecular formula is C28H27NO5. The molecular weight excluding hydrogens is 430 g/mol. The second kappa shape index (κ2) is 12.0. The predicted octanol–water partition coefficient (Wildman–Crippen LogP) is 5.08. The summed E-state index contributed by atoms with van der Waals surface area (Å²) in [4.78, 5) is 12.6. The van der Waals surface area contributed by atoms with Crippen molar-refractivity contribution < 1.29 is 24.5 Å². The van der Waals surface area contributed by atoms with Gasteiger partial charge < -0.3 is 25.0 Å². The standard InChI is InChI=1S/C28H27NO5/c1-33-27-16-20(10-14-25(27)31)8-12-23(29-19-22-6-4-3-5-7-22)18-24(30)13-9-21-11-15-26(32)28(17-21)34-2/h3-18,29,31-32H,19H2,1-2H3/b12-8+,13-9+,23-18-. The minimum atomic E-state index is -0.212. The van der Waals surface area contributed by atoms with Gasteiger partial charge in [0.25, 0.3) is 0 Å². The number of benzene rings is 3. The Balaban J connectivity index is 1.80. The van der Waals surface area contributed by atoms with Crippen LogP contribution in [-0.4, -0.2) is 30.2 Å². The molecule has 0 unspecified atom stereocenters. The number of phenolic OH excluding ortho intramolecular Hbond substituents is 2. The lowest BCUT2D eigenvalue weighted by Crippen LogP contribution is -2.12. The monoisotopic (exact) mass is 457 g/mol. The maximum atomic E-state index is 12.6. The van der Waals surface area contributed by atoms with Gasteiger partial charge in [-0.1, -0.05) is 54.6 Å². The van der Waals surface area contributed by atoms with Crippen LogP contribution >= 0.6 is 0 Å². The first kappa shape index (κ1) is 24.2. The molecule has 0 radical (unpaired) electrons. The third kappa shape index (κ3) is 7.03. The SMILES string of the molecule is COc1cc(/C=C/C(=O)/C=C(/C=C/c2ccc(O)c(OC)c2)NCc2ccccc2)ccc1O. The van der Waals surface area contributed by atoms with Crippen LogP contribution in [0.4, 0.5) is 0 Å². The molecule has 0 spiro atoms. The number of phenols is 2. The van der Waals surface area contributed by atoms with Crippen molar-refractivity contribution in [2.45, 2.75) is 6.54 Å². The molecule has 6 nitrogen and oxygen atoms in total. The second-order valence-corrected chi connectivity index (χ2v) is 7.37. The van der Waals surface area contributed by atoms with Crippen LogP contribution in [0.3, 0.4) is 0 Å². The van der Waals surface area contributed by atoms with E-state index in [1.807, 2.05) is 36.4 Å². The van der Waals surface area contributed by atoms with E-state index in [0.717, 1.165) is 16.7 Å². The molecule has 174 valence electrons. The summed E-state index contributed by atoms with van der Waals surface area (Å²) >= 11 is 0. The Morgan fingerprint density at radius 2 is 1.38 bits per heavy atom. The molecule has 0 bridgehead atoms. The highest BCUT2D eigenvalue weighted by Gasteiger charge is 2.03. The van der Waals surface area contributed by atoms with E-state index in [4.69, 9.17) is 9.47 Å². The van der Waals surface area contributed by atoms with Crippen LogP contribution in [0.1, 0.15) is 16.7 Å². The Bertz CT molecular complexity index is 1210. The second-order valence-electron chi connectivity index (χ2n) is 7.37. The van der Waals surface area contributed by atoms with E-state index in [-0.39, 0.29) is 17.3 Å². The molecule has 3 aromatic rings. The van der Waals surface area contributed by atoms with Crippen LogP contribution < -0.4 is 14.8 Å². The lowest BCUT2D eigenvalue weighted by atomic mass is 10.1. The quantitative estimate of drug-likeness (QED) is 0.291. The van der Waals surface area contributed by atoms with E-state index < -0.39 is 0 Å². The Kier molecular flexibility index (Phi) is 8.52. The van der Waals surface area contributed by atoms with E-state index in [2.05, 4.69) is 5.32 Å². The average Bonchev–Trinajstić information content (AvgIpc) is 2.86. The number of nitrogens with one attached hydrogen (secondary N) is 1. The minimum absolute atomic E-state index is 0.0364. The van der Waals surface area contributed by atoms with Gasteiger partial charge in [-0.15, -0.1) is 0 Å². The van der Waals surface area contributed by atoms with Gasteiger partial charge in [-0.05, 0) is 53.1 Å². The molecule has 3 N–H and O–H groups in total. The smallest absolute Gasteiger partial charge is 0.180 e. The Morgan fingerprint density at radius 1 is 0.824 bits per heavy atom. The Hall–Kier alpha value is -4.45. The number of hydrogen-bond acceptors (Lipinski definition) is 6. The minimum Gasteiger partial charge on any atom is -0.504 e. The summed E-state index contributed by atoms with van der Waals surface area (Å²) in [7, 11) is 2.96. The first-order valence-electron chi connectivity index (χ1n) is 10.6. The van der Waals surface area contributed by atoms with Crippen molar-refractivity contribution in [1.29, 1.82) is 0 Å². The van der Waals surface area contributed by atoms with E-state index in [0.29, 0.717) is 23.7 Å². The molecule has 0 aliphatic heterocycles. The molecule has 0 fully saturated rings. The topological polar surface area (TPSA) is 88.0 Å². The van der Waals surface area contributed by atoms with Crippen LogP contribution in [0.2, 0.25) is 0 Å². The zero-order valence-electron chi connectivity index (χ0n) is 19.1. The van der Waals surface area contributed by atoms with Crippen molar-refractivity contribution in [3.8, 4) is 23.0 Å². The number of carbonyl (C=O) groups excluding carboxylic acids is 1. The molecule has 3 rings (SSSR count). The van der Waals surface area contributed by atoms with Crippen molar-refractivity contribution in [2.24, 2.45) is 0 Å². The van der Waals surface area contributed by atoms with Gasteiger partial charge in [-0.3, -0.25) is 4.79 Å². The summed E-state index contributed by atoms with van der Waals surface area (Å²) in [6.45, 7) is 0.544. The van der Waals surface area contributed by atoms with Gasteiger partial charge in [-0.2, -0.15) is 0 Å². The highest BCUT2D eigenvalue weighted by atomic mass is 16.5. The highest BCUT2D eigenvalue weighted by Crippen LogP contribution is 2.27. The fourth-order valence-corrected chi connectivity index (χ4v) is 3.12. The molecule has 0 aliphatic carbocycles. The lowest BCUT2D eigenvalue weighted by Gasteiger charge is -2.08. The summed E-state index contributed by atoms with van der Waals surface area (Å²) in [5, 5.41) is 22.8. The molecule has 0 saturated heterocycles. The molecule has 0 heterocycles. The molecule has 34 heavy (non-hydrogen) atoms. The van der Waals surface area contributed by atoms with Gasteiger partial charge in [0.15, 0.2) is 28.8 Å². The van der Waals surface area contributed by atoms with Gasteiger partial charge in [0.05, 0.1) is 14.2 Å². The number of allylic oxidation sites excluding steroid dienone is 3. The maximum Gasteiger partial charge on any atom is 0.180 e. The van der Waals surface area contributed by atoms with Crippen molar-refractivity contribution in [3.05, 3.63) is 107 Å². The fourth-order valence-electron chi connectivity index (χ4n) is 3.12. The summed E-state index contributed by atoms with van der Waals surface area (Å²) in [6, 6.07) is 19.7. The molecule has 0 amide bonds. The van der Waals surface area contributed by atoms with Gasteiger partial charge in [0.2, 0.25) is 0 Å².